The van der Waals surface area contributed by atoms with Gasteiger partial charge in [0.2, 0.25) is 0 Å². The van der Waals surface area contributed by atoms with Crippen LogP contribution in [0.5, 0.6) is 0 Å². The van der Waals surface area contributed by atoms with E-state index < -0.39 is 0 Å². The first-order valence-electron chi connectivity index (χ1n) is 11.1. The monoisotopic (exact) mass is 365 g/mol. The van der Waals surface area contributed by atoms with Crippen molar-refractivity contribution in [2.24, 2.45) is 17.8 Å². The summed E-state index contributed by atoms with van der Waals surface area (Å²) in [5.41, 5.74) is 0. The Balaban J connectivity index is 1.23. The summed E-state index contributed by atoms with van der Waals surface area (Å²) in [6, 6.07) is 0. The molecule has 0 N–H and O–H groups in total. The van der Waals surface area contributed by atoms with Crippen LogP contribution in [0.2, 0.25) is 0 Å². The van der Waals surface area contributed by atoms with Gasteiger partial charge in [-0.1, -0.05) is 32.1 Å². The molecule has 1 atom stereocenters. The summed E-state index contributed by atoms with van der Waals surface area (Å²) in [7, 11) is 1.48. The van der Waals surface area contributed by atoms with Crippen molar-refractivity contribution in [3.63, 3.8) is 0 Å². The Hall–Kier alpha value is -0.610. The van der Waals surface area contributed by atoms with Crippen molar-refractivity contribution in [1.29, 1.82) is 0 Å². The number of methoxy groups -OCH3 is 1. The van der Waals surface area contributed by atoms with Crippen LogP contribution in [-0.4, -0.2) is 50.3 Å². The smallest absolute Gasteiger partial charge is 0.305 e. The molecule has 150 valence electrons. The van der Waals surface area contributed by atoms with Gasteiger partial charge in [-0.25, -0.2) is 0 Å². The predicted molar refractivity (Wildman–Crippen MR) is 104 cm³/mol. The summed E-state index contributed by atoms with van der Waals surface area (Å²) >= 11 is 0. The van der Waals surface area contributed by atoms with E-state index in [1.54, 1.807) is 0 Å². The number of esters is 1. The minimum absolute atomic E-state index is 0.0712. The lowest BCUT2D eigenvalue weighted by Gasteiger charge is -2.32. The topological polar surface area (TPSA) is 38.8 Å². The highest BCUT2D eigenvalue weighted by Crippen LogP contribution is 2.35. The zero-order valence-corrected chi connectivity index (χ0v) is 16.8. The Morgan fingerprint density at radius 2 is 1.65 bits per heavy atom. The van der Waals surface area contributed by atoms with Crippen molar-refractivity contribution < 1.29 is 14.3 Å². The van der Waals surface area contributed by atoms with Gasteiger partial charge in [0.15, 0.2) is 0 Å². The number of likely N-dealkylation sites (tertiary alicyclic amines) is 1. The van der Waals surface area contributed by atoms with E-state index in [0.29, 0.717) is 18.4 Å². The fourth-order valence-corrected chi connectivity index (χ4v) is 5.38. The molecule has 0 spiro atoms. The third-order valence-corrected chi connectivity index (χ3v) is 7.00. The summed E-state index contributed by atoms with van der Waals surface area (Å²) in [6.45, 7) is 3.98. The molecule has 1 aliphatic heterocycles. The molecule has 4 heteroatoms. The largest absolute Gasteiger partial charge is 0.469 e. The van der Waals surface area contributed by atoms with Gasteiger partial charge in [0, 0.05) is 19.5 Å². The summed E-state index contributed by atoms with van der Waals surface area (Å²) in [6.07, 6.45) is 16.3. The lowest BCUT2D eigenvalue weighted by Crippen LogP contribution is -2.29. The average Bonchev–Trinajstić information content (AvgIpc) is 3.11. The molecule has 3 fully saturated rings. The SMILES string of the molecule is COC(=O)CC1CCN(CCOC2CCC(CC3CCCCC3)CC2)C1. The maximum absolute atomic E-state index is 11.4. The van der Waals surface area contributed by atoms with Gasteiger partial charge in [-0.3, -0.25) is 4.79 Å². The minimum Gasteiger partial charge on any atom is -0.469 e. The molecule has 0 aromatic heterocycles. The van der Waals surface area contributed by atoms with Gasteiger partial charge in [-0.2, -0.15) is 0 Å². The van der Waals surface area contributed by atoms with Crippen LogP contribution in [0.4, 0.5) is 0 Å². The molecule has 26 heavy (non-hydrogen) atoms. The molecule has 1 heterocycles. The number of carbonyl (C=O) groups is 1. The quantitative estimate of drug-likeness (QED) is 0.597. The molecule has 2 aliphatic carbocycles. The number of ether oxygens (including phenoxy) is 2. The van der Waals surface area contributed by atoms with Crippen molar-refractivity contribution >= 4 is 5.97 Å². The molecule has 0 aromatic rings. The molecular formula is C22H39NO3. The lowest BCUT2D eigenvalue weighted by molar-refractivity contribution is -0.141. The standard InChI is InChI=1S/C22H39NO3/c1-25-22(24)16-20-11-12-23(17-20)13-14-26-21-9-7-19(8-10-21)15-18-5-3-2-4-6-18/h18-21H,2-17H2,1H3. The van der Waals surface area contributed by atoms with E-state index in [4.69, 9.17) is 9.47 Å². The van der Waals surface area contributed by atoms with E-state index >= 15 is 0 Å². The Bertz CT molecular complexity index is 414. The second-order valence-electron chi connectivity index (χ2n) is 8.99. The number of rotatable bonds is 8. The molecule has 1 saturated heterocycles. The second-order valence-corrected chi connectivity index (χ2v) is 8.99. The van der Waals surface area contributed by atoms with E-state index in [9.17, 15) is 4.79 Å². The Kier molecular flexibility index (Phi) is 8.25. The molecule has 0 amide bonds. The summed E-state index contributed by atoms with van der Waals surface area (Å²) in [4.78, 5) is 13.8. The molecule has 3 aliphatic rings. The summed E-state index contributed by atoms with van der Waals surface area (Å²) < 4.78 is 11.0. The van der Waals surface area contributed by atoms with Crippen molar-refractivity contribution in [3.8, 4) is 0 Å². The first-order chi connectivity index (χ1) is 12.7. The van der Waals surface area contributed by atoms with Crippen LogP contribution in [0.3, 0.4) is 0 Å². The predicted octanol–water partition coefficient (Wildman–Crippen LogP) is 4.42. The molecule has 0 bridgehead atoms. The van der Waals surface area contributed by atoms with Gasteiger partial charge in [-0.15, -0.1) is 0 Å². The molecule has 1 unspecified atom stereocenters. The van der Waals surface area contributed by atoms with Crippen LogP contribution in [0, 0.1) is 17.8 Å². The molecule has 3 rings (SSSR count). The van der Waals surface area contributed by atoms with Crippen LogP contribution in [0.1, 0.15) is 77.0 Å². The highest BCUT2D eigenvalue weighted by molar-refractivity contribution is 5.69. The maximum atomic E-state index is 11.4. The highest BCUT2D eigenvalue weighted by Gasteiger charge is 2.27. The Labute approximate surface area is 160 Å². The van der Waals surface area contributed by atoms with Gasteiger partial charge in [0.05, 0.1) is 19.8 Å². The minimum atomic E-state index is -0.0712. The van der Waals surface area contributed by atoms with Crippen LogP contribution >= 0.6 is 0 Å². The van der Waals surface area contributed by atoms with Crippen LogP contribution in [0.25, 0.3) is 0 Å². The van der Waals surface area contributed by atoms with E-state index in [0.717, 1.165) is 44.5 Å². The van der Waals surface area contributed by atoms with Crippen LogP contribution in [0.15, 0.2) is 0 Å². The fraction of sp³-hybridized carbons (Fsp3) is 0.955. The van der Waals surface area contributed by atoms with Gasteiger partial charge in [-0.05, 0) is 62.8 Å². The molecule has 2 saturated carbocycles. The van der Waals surface area contributed by atoms with Crippen molar-refractivity contribution in [2.75, 3.05) is 33.4 Å². The number of carbonyl (C=O) groups excluding carboxylic acids is 1. The summed E-state index contributed by atoms with van der Waals surface area (Å²) in [5.74, 6) is 2.39. The summed E-state index contributed by atoms with van der Waals surface area (Å²) in [5, 5.41) is 0. The fourth-order valence-electron chi connectivity index (χ4n) is 5.38. The van der Waals surface area contributed by atoms with E-state index in [1.807, 2.05) is 0 Å². The highest BCUT2D eigenvalue weighted by atomic mass is 16.5. The van der Waals surface area contributed by atoms with Crippen LogP contribution in [-0.2, 0) is 14.3 Å². The van der Waals surface area contributed by atoms with Gasteiger partial charge in [0.25, 0.3) is 0 Å². The number of hydrogen-bond donors (Lipinski definition) is 0. The maximum Gasteiger partial charge on any atom is 0.305 e. The third kappa shape index (κ3) is 6.53. The zero-order chi connectivity index (χ0) is 18.2. The lowest BCUT2D eigenvalue weighted by atomic mass is 9.77. The molecule has 0 radical (unpaired) electrons. The third-order valence-electron chi connectivity index (χ3n) is 7.00. The van der Waals surface area contributed by atoms with E-state index in [1.165, 1.54) is 71.3 Å². The Morgan fingerprint density at radius 3 is 2.38 bits per heavy atom. The van der Waals surface area contributed by atoms with Crippen LogP contribution < -0.4 is 0 Å². The van der Waals surface area contributed by atoms with Crippen molar-refractivity contribution in [1.82, 2.24) is 4.90 Å². The van der Waals surface area contributed by atoms with Crippen molar-refractivity contribution in [2.45, 2.75) is 83.2 Å². The van der Waals surface area contributed by atoms with Gasteiger partial charge in [0.1, 0.15) is 0 Å². The number of nitrogens with zero attached hydrogens (tertiary/aromatic N) is 1. The van der Waals surface area contributed by atoms with Gasteiger partial charge >= 0.3 is 5.97 Å². The Morgan fingerprint density at radius 1 is 0.923 bits per heavy atom. The van der Waals surface area contributed by atoms with Gasteiger partial charge < -0.3 is 14.4 Å². The van der Waals surface area contributed by atoms with E-state index in [2.05, 4.69) is 4.90 Å². The number of hydrogen-bond acceptors (Lipinski definition) is 4. The van der Waals surface area contributed by atoms with E-state index in [-0.39, 0.29) is 5.97 Å². The molecule has 0 aromatic carbocycles. The first-order valence-corrected chi connectivity index (χ1v) is 11.1. The normalized spacial score (nSPS) is 31.2. The van der Waals surface area contributed by atoms with Crippen molar-refractivity contribution in [3.05, 3.63) is 0 Å². The zero-order valence-electron chi connectivity index (χ0n) is 16.8. The second kappa shape index (κ2) is 10.7. The first kappa shape index (κ1) is 20.1. The molecule has 4 nitrogen and oxygen atoms in total. The molecular weight excluding hydrogens is 326 g/mol. The average molecular weight is 366 g/mol.